The van der Waals surface area contributed by atoms with Crippen molar-refractivity contribution in [3.8, 4) is 0 Å². The van der Waals surface area contributed by atoms with E-state index in [-0.39, 0.29) is 6.61 Å². The molecule has 0 bridgehead atoms. The number of ether oxygens (including phenoxy) is 17. The van der Waals surface area contributed by atoms with Crippen LogP contribution in [0.25, 0.3) is 0 Å². The fourth-order valence-electron chi connectivity index (χ4n) is 12.3. The Kier molecular flexibility index (Phi) is 25.0. The standard InChI is InChI=1S/C51H86O41/c1-50(2)76-10-19-41(91-50)27(67)33(73)48(83-19)89-39-17(8-57)81-46(32(72)25(39)65)87-37-15(6-55)79-44(30(70)23(37)63)85-35-13(4-53)77-43(28(68)21(35)61)84-36-14(5-54)78-45(29(69)22(36)62)86-38-16(7-56)80-47(31(71)24(38)64)88-40-18(9-58)82-49(34(74)26(40)66)92-51(11-59)42(75)20(60)12(3-52)90-51/h12-49,52-75H,3-11H2,1-2H3. The second-order valence-corrected chi connectivity index (χ2v) is 24.0. The van der Waals surface area contributed by atoms with Crippen LogP contribution >= 0.6 is 0 Å². The van der Waals surface area contributed by atoms with Gasteiger partial charge in [-0.1, -0.05) is 0 Å². The molecule has 9 aliphatic rings. The molecule has 0 aliphatic carbocycles. The largest absolute Gasteiger partial charge is 0.394 e. The third-order valence-electron chi connectivity index (χ3n) is 17.5. The van der Waals surface area contributed by atoms with Crippen LogP contribution in [0.3, 0.4) is 0 Å². The molecule has 9 aliphatic heterocycles. The summed E-state index contributed by atoms with van der Waals surface area (Å²) in [5, 5.41) is 260. The van der Waals surface area contributed by atoms with Gasteiger partial charge in [0.25, 0.3) is 0 Å². The molecule has 0 amide bonds. The molecule has 39 unspecified atom stereocenters. The molecule has 92 heavy (non-hydrogen) atoms. The van der Waals surface area contributed by atoms with Gasteiger partial charge in [-0.25, -0.2) is 0 Å². The zero-order valence-electron chi connectivity index (χ0n) is 49.0. The SMILES string of the molecule is CC1(C)OCC2OC(OC3C(CO)OC(OC4C(CO)OC(OC5C(CO)OC(OC6C(CO)OC(OC7C(CO)OC(OC8C(CO)OC(OC9(CO)OC(CO)C(O)C9O)C(O)C8O)C(O)C7O)C(O)C6O)C(O)C5O)C(O)C4O)C(O)C3O)C(O)C(O)C2O1. The average Bonchev–Trinajstić information content (AvgIpc) is 1.23. The van der Waals surface area contributed by atoms with Crippen LogP contribution in [-0.2, 0) is 80.5 Å². The fourth-order valence-corrected chi connectivity index (χ4v) is 12.3. The van der Waals surface area contributed by atoms with Gasteiger partial charge in [0.05, 0.1) is 52.9 Å². The lowest BCUT2D eigenvalue weighted by Crippen LogP contribution is -2.68. The zero-order valence-corrected chi connectivity index (χ0v) is 49.0. The Morgan fingerprint density at radius 3 is 0.837 bits per heavy atom. The van der Waals surface area contributed by atoms with Crippen molar-refractivity contribution in [2.45, 2.75) is 259 Å². The van der Waals surface area contributed by atoms with Crippen LogP contribution in [0.4, 0.5) is 0 Å². The number of aliphatic hydroxyl groups excluding tert-OH is 24. The molecule has 0 saturated carbocycles. The summed E-state index contributed by atoms with van der Waals surface area (Å²) in [6.45, 7) is -5.25. The minimum atomic E-state index is -2.53. The molecule has 536 valence electrons. The van der Waals surface area contributed by atoms with E-state index in [1.807, 2.05) is 0 Å². The van der Waals surface area contributed by atoms with Gasteiger partial charge >= 0.3 is 0 Å². The molecule has 9 heterocycles. The second kappa shape index (κ2) is 30.9. The van der Waals surface area contributed by atoms with Gasteiger partial charge in [0.1, 0.15) is 196 Å². The quantitative estimate of drug-likeness (QED) is 0.0479. The zero-order chi connectivity index (χ0) is 67.3. The Hall–Kier alpha value is -1.64. The van der Waals surface area contributed by atoms with Crippen LogP contribution in [0.5, 0.6) is 0 Å². The van der Waals surface area contributed by atoms with Crippen molar-refractivity contribution in [3.63, 3.8) is 0 Å². The van der Waals surface area contributed by atoms with Crippen LogP contribution in [0.2, 0.25) is 0 Å². The van der Waals surface area contributed by atoms with E-state index in [9.17, 15) is 123 Å². The molecule has 9 rings (SSSR count). The first kappa shape index (κ1) is 74.6. The van der Waals surface area contributed by atoms with E-state index in [1.165, 1.54) is 0 Å². The van der Waals surface area contributed by atoms with Crippen molar-refractivity contribution in [2.75, 3.05) is 59.5 Å². The van der Waals surface area contributed by atoms with Gasteiger partial charge in [0.15, 0.2) is 49.8 Å². The summed E-state index contributed by atoms with van der Waals surface area (Å²) in [5.41, 5.74) is 0. The van der Waals surface area contributed by atoms with Crippen molar-refractivity contribution < 1.29 is 203 Å². The lowest BCUT2D eigenvalue weighted by Gasteiger charge is -2.51. The minimum absolute atomic E-state index is 0.108. The normalized spacial score (nSPS) is 53.4. The van der Waals surface area contributed by atoms with Crippen molar-refractivity contribution in [2.24, 2.45) is 0 Å². The molecule has 41 nitrogen and oxygen atoms in total. The molecular formula is C51H86O41. The van der Waals surface area contributed by atoms with E-state index in [0.29, 0.717) is 0 Å². The summed E-state index contributed by atoms with van der Waals surface area (Å²) in [5.74, 6) is -3.66. The molecule has 0 aromatic rings. The van der Waals surface area contributed by atoms with Gasteiger partial charge in [0.2, 0.25) is 5.79 Å². The Labute approximate surface area is 520 Å². The summed E-state index contributed by atoms with van der Waals surface area (Å²) in [6.07, 6.45) is -72.5. The smallest absolute Gasteiger partial charge is 0.224 e. The molecule has 9 saturated heterocycles. The van der Waals surface area contributed by atoms with Crippen LogP contribution < -0.4 is 0 Å². The third kappa shape index (κ3) is 14.7. The predicted molar refractivity (Wildman–Crippen MR) is 276 cm³/mol. The second-order valence-electron chi connectivity index (χ2n) is 24.0. The molecule has 0 radical (unpaired) electrons. The summed E-state index contributed by atoms with van der Waals surface area (Å²) in [7, 11) is 0. The topological polar surface area (TPSA) is 642 Å². The fraction of sp³-hybridized carbons (Fsp3) is 1.00. The maximum Gasteiger partial charge on any atom is 0.224 e. The van der Waals surface area contributed by atoms with Crippen molar-refractivity contribution in [3.05, 3.63) is 0 Å². The minimum Gasteiger partial charge on any atom is -0.394 e. The first-order chi connectivity index (χ1) is 43.6. The van der Waals surface area contributed by atoms with E-state index < -0.39 is 298 Å². The number of aliphatic hydroxyl groups is 24. The van der Waals surface area contributed by atoms with E-state index >= 15 is 0 Å². The maximum atomic E-state index is 11.4. The summed E-state index contributed by atoms with van der Waals surface area (Å²) < 4.78 is 96.0. The van der Waals surface area contributed by atoms with Gasteiger partial charge < -0.3 is 203 Å². The molecule has 41 heteroatoms. The highest BCUT2D eigenvalue weighted by molar-refractivity contribution is 5.03. The van der Waals surface area contributed by atoms with Crippen LogP contribution in [-0.4, -0.2) is 427 Å². The number of hydrogen-bond acceptors (Lipinski definition) is 41. The van der Waals surface area contributed by atoms with Gasteiger partial charge in [-0.3, -0.25) is 0 Å². The van der Waals surface area contributed by atoms with Gasteiger partial charge in [-0.15, -0.1) is 0 Å². The van der Waals surface area contributed by atoms with Gasteiger partial charge in [0, 0.05) is 0 Å². The number of rotatable bonds is 22. The monoisotopic (exact) mass is 1350 g/mol. The molecule has 9 fully saturated rings. The lowest BCUT2D eigenvalue weighted by molar-refractivity contribution is -0.407. The van der Waals surface area contributed by atoms with Crippen molar-refractivity contribution in [1.29, 1.82) is 0 Å². The highest BCUT2D eigenvalue weighted by Crippen LogP contribution is 2.41. The van der Waals surface area contributed by atoms with E-state index in [4.69, 9.17) is 80.5 Å². The van der Waals surface area contributed by atoms with Gasteiger partial charge in [-0.05, 0) is 13.8 Å². The molecule has 0 spiro atoms. The highest BCUT2D eigenvalue weighted by atomic mass is 16.8. The third-order valence-corrected chi connectivity index (χ3v) is 17.5. The van der Waals surface area contributed by atoms with Gasteiger partial charge in [-0.2, -0.15) is 0 Å². The van der Waals surface area contributed by atoms with E-state index in [2.05, 4.69) is 0 Å². The van der Waals surface area contributed by atoms with E-state index in [0.717, 1.165) is 0 Å². The summed E-state index contributed by atoms with van der Waals surface area (Å²) in [6, 6.07) is 0. The number of fused-ring (bicyclic) bond motifs is 1. The van der Waals surface area contributed by atoms with Crippen LogP contribution in [0.15, 0.2) is 0 Å². The summed E-state index contributed by atoms with van der Waals surface area (Å²) >= 11 is 0. The van der Waals surface area contributed by atoms with Crippen molar-refractivity contribution >= 4 is 0 Å². The highest BCUT2D eigenvalue weighted by Gasteiger charge is 2.62. The Balaban J connectivity index is 0.778. The maximum absolute atomic E-state index is 11.4. The molecular weight excluding hydrogens is 1270 g/mol. The first-order valence-electron chi connectivity index (χ1n) is 29.5. The Bertz CT molecular complexity index is 2280. The lowest BCUT2D eigenvalue weighted by atomic mass is 9.95. The molecule has 39 atom stereocenters. The predicted octanol–water partition coefficient (Wildman–Crippen LogP) is -16.7. The van der Waals surface area contributed by atoms with Crippen molar-refractivity contribution in [1.82, 2.24) is 0 Å². The number of hydrogen-bond donors (Lipinski definition) is 24. The van der Waals surface area contributed by atoms with E-state index in [1.54, 1.807) is 13.8 Å². The van der Waals surface area contributed by atoms with Crippen LogP contribution in [0, 0.1) is 0 Å². The molecule has 0 aromatic carbocycles. The Morgan fingerprint density at radius 1 is 0.304 bits per heavy atom. The first-order valence-corrected chi connectivity index (χ1v) is 29.5. The van der Waals surface area contributed by atoms with Crippen LogP contribution in [0.1, 0.15) is 13.8 Å². The molecule has 24 N–H and O–H groups in total. The summed E-state index contributed by atoms with van der Waals surface area (Å²) in [4.78, 5) is 0. The average molecular weight is 1360 g/mol. The Morgan fingerprint density at radius 2 is 0.565 bits per heavy atom. The molecule has 0 aromatic heterocycles.